The summed E-state index contributed by atoms with van der Waals surface area (Å²) in [6, 6.07) is 5.70. The molecule has 7 heteroatoms. The summed E-state index contributed by atoms with van der Waals surface area (Å²) in [7, 11) is 3.37. The maximum atomic E-state index is 5.54. The van der Waals surface area contributed by atoms with Crippen molar-refractivity contribution in [3.63, 3.8) is 0 Å². The van der Waals surface area contributed by atoms with Crippen molar-refractivity contribution in [3.8, 4) is 11.5 Å². The summed E-state index contributed by atoms with van der Waals surface area (Å²) in [5, 5.41) is 9.70. The monoisotopic (exact) mass is 376 g/mol. The van der Waals surface area contributed by atoms with Crippen molar-refractivity contribution in [2.45, 2.75) is 39.7 Å². The number of anilines is 1. The number of ether oxygens (including phenoxy) is 2. The molecule has 0 radical (unpaired) electrons. The topological polar surface area (TPSA) is 67.8 Å². The highest BCUT2D eigenvalue weighted by Crippen LogP contribution is 2.30. The van der Waals surface area contributed by atoms with Gasteiger partial charge in [-0.2, -0.15) is 0 Å². The molecule has 2 N–H and O–H groups in total. The highest BCUT2D eigenvalue weighted by Gasteiger charge is 2.17. The molecule has 0 unspecified atom stereocenters. The van der Waals surface area contributed by atoms with Gasteiger partial charge in [0, 0.05) is 29.6 Å². The van der Waals surface area contributed by atoms with Gasteiger partial charge in [-0.05, 0) is 19.1 Å². The number of nitrogens with one attached hydrogen (secondary N) is 2. The molecule has 0 aliphatic carbocycles. The number of thiazole rings is 1. The molecule has 0 aliphatic heterocycles. The molecule has 142 valence electrons. The number of methoxy groups -OCH3 is 1. The van der Waals surface area contributed by atoms with Crippen molar-refractivity contribution >= 4 is 23.0 Å². The summed E-state index contributed by atoms with van der Waals surface area (Å²) in [5.41, 5.74) is 2.04. The first-order chi connectivity index (χ1) is 12.4. The Balaban J connectivity index is 2.00. The first-order valence-corrected chi connectivity index (χ1v) is 9.48. The van der Waals surface area contributed by atoms with Gasteiger partial charge >= 0.3 is 0 Å². The molecule has 0 spiro atoms. The average molecular weight is 377 g/mol. The van der Waals surface area contributed by atoms with E-state index in [-0.39, 0.29) is 5.41 Å². The van der Waals surface area contributed by atoms with Crippen LogP contribution in [0.25, 0.3) is 0 Å². The van der Waals surface area contributed by atoms with E-state index in [9.17, 15) is 0 Å². The number of aromatic nitrogens is 1. The van der Waals surface area contributed by atoms with Gasteiger partial charge in [0.2, 0.25) is 0 Å². The largest absolute Gasteiger partial charge is 0.493 e. The van der Waals surface area contributed by atoms with Crippen molar-refractivity contribution in [3.05, 3.63) is 34.3 Å². The maximum Gasteiger partial charge on any atom is 0.195 e. The summed E-state index contributed by atoms with van der Waals surface area (Å²) in [4.78, 5) is 8.96. The predicted molar refractivity (Wildman–Crippen MR) is 109 cm³/mol. The van der Waals surface area contributed by atoms with Crippen LogP contribution in [0.1, 0.15) is 38.4 Å². The molecule has 1 aromatic carbocycles. The van der Waals surface area contributed by atoms with Gasteiger partial charge in [0.25, 0.3) is 0 Å². The summed E-state index contributed by atoms with van der Waals surface area (Å²) in [5.74, 6) is 2.08. The van der Waals surface area contributed by atoms with Crippen LogP contribution < -0.4 is 20.1 Å². The van der Waals surface area contributed by atoms with Crippen molar-refractivity contribution in [1.82, 2.24) is 10.3 Å². The van der Waals surface area contributed by atoms with Gasteiger partial charge in [-0.1, -0.05) is 20.8 Å². The molecule has 0 saturated heterocycles. The second kappa shape index (κ2) is 8.89. The average Bonchev–Trinajstić information content (AvgIpc) is 3.09. The smallest absolute Gasteiger partial charge is 0.195 e. The van der Waals surface area contributed by atoms with Gasteiger partial charge in [0.1, 0.15) is 5.01 Å². The van der Waals surface area contributed by atoms with Gasteiger partial charge in [0.15, 0.2) is 17.5 Å². The zero-order valence-electron chi connectivity index (χ0n) is 16.3. The molecule has 26 heavy (non-hydrogen) atoms. The number of hydrogen-bond donors (Lipinski definition) is 2. The van der Waals surface area contributed by atoms with Gasteiger partial charge in [-0.15, -0.1) is 11.3 Å². The molecular weight excluding hydrogens is 348 g/mol. The molecule has 6 nitrogen and oxygen atoms in total. The summed E-state index contributed by atoms with van der Waals surface area (Å²) in [6.45, 7) is 9.66. The van der Waals surface area contributed by atoms with E-state index >= 15 is 0 Å². The Hall–Kier alpha value is -2.28. The van der Waals surface area contributed by atoms with Gasteiger partial charge in [0.05, 0.1) is 26.0 Å². The third-order valence-electron chi connectivity index (χ3n) is 3.68. The molecule has 2 rings (SSSR count). The standard InChI is InChI=1S/C19H28N4O2S/c1-7-25-14-9-8-13(10-15(14)24-6)22-18(20-5)21-11-17-23-16(12-26-17)19(2,3)4/h8-10,12H,7,11H2,1-6H3,(H2,20,21,22). The lowest BCUT2D eigenvalue weighted by Gasteiger charge is -2.15. The molecule has 1 heterocycles. The summed E-state index contributed by atoms with van der Waals surface area (Å²) >= 11 is 1.66. The van der Waals surface area contributed by atoms with Crippen molar-refractivity contribution in [2.24, 2.45) is 4.99 Å². The van der Waals surface area contributed by atoms with Crippen LogP contribution >= 0.6 is 11.3 Å². The normalized spacial score (nSPS) is 12.0. The third-order valence-corrected chi connectivity index (χ3v) is 4.53. The molecular formula is C19H28N4O2S. The lowest BCUT2D eigenvalue weighted by Crippen LogP contribution is -2.30. The van der Waals surface area contributed by atoms with E-state index in [2.05, 4.69) is 41.8 Å². The first-order valence-electron chi connectivity index (χ1n) is 8.60. The first kappa shape index (κ1) is 20.0. The fraction of sp³-hybridized carbons (Fsp3) is 0.474. The molecule has 1 aromatic heterocycles. The maximum absolute atomic E-state index is 5.54. The number of nitrogens with zero attached hydrogens (tertiary/aromatic N) is 2. The van der Waals surface area contributed by atoms with Crippen LogP contribution in [0.2, 0.25) is 0 Å². The number of rotatable bonds is 6. The van der Waals surface area contributed by atoms with E-state index < -0.39 is 0 Å². The minimum Gasteiger partial charge on any atom is -0.493 e. The van der Waals surface area contributed by atoms with Crippen LogP contribution in [-0.2, 0) is 12.0 Å². The molecule has 0 saturated carbocycles. The molecule has 0 aliphatic rings. The van der Waals surface area contributed by atoms with Crippen molar-refractivity contribution in [1.29, 1.82) is 0 Å². The SMILES string of the molecule is CCOc1ccc(NC(=NC)NCc2nc(C(C)(C)C)cs2)cc1OC. The zero-order chi connectivity index (χ0) is 19.2. The van der Waals surface area contributed by atoms with Crippen LogP contribution in [0, 0.1) is 0 Å². The Kier molecular flexibility index (Phi) is 6.85. The lowest BCUT2D eigenvalue weighted by molar-refractivity contribution is 0.311. The van der Waals surface area contributed by atoms with Crippen LogP contribution in [0.15, 0.2) is 28.6 Å². The Morgan fingerprint density at radius 1 is 1.27 bits per heavy atom. The molecule has 0 bridgehead atoms. The second-order valence-corrected chi connectivity index (χ2v) is 7.67. The van der Waals surface area contributed by atoms with Gasteiger partial charge < -0.3 is 20.1 Å². The van der Waals surface area contributed by atoms with E-state index in [1.54, 1.807) is 25.5 Å². The molecule has 0 amide bonds. The molecule has 2 aromatic rings. The quantitative estimate of drug-likeness (QED) is 0.588. The van der Waals surface area contributed by atoms with Crippen LogP contribution in [0.4, 0.5) is 5.69 Å². The number of aliphatic imine (C=N–C) groups is 1. The predicted octanol–water partition coefficient (Wildman–Crippen LogP) is 4.04. The van der Waals surface area contributed by atoms with E-state index in [1.165, 1.54) is 0 Å². The Morgan fingerprint density at radius 2 is 2.04 bits per heavy atom. The summed E-state index contributed by atoms with van der Waals surface area (Å²) in [6.07, 6.45) is 0. The molecule has 0 atom stereocenters. The van der Waals surface area contributed by atoms with Gasteiger partial charge in [-0.3, -0.25) is 4.99 Å². The fourth-order valence-electron chi connectivity index (χ4n) is 2.23. The van der Waals surface area contributed by atoms with Crippen LogP contribution in [-0.4, -0.2) is 31.7 Å². The van der Waals surface area contributed by atoms with Crippen LogP contribution in [0.3, 0.4) is 0 Å². The highest BCUT2D eigenvalue weighted by atomic mass is 32.1. The summed E-state index contributed by atoms with van der Waals surface area (Å²) < 4.78 is 10.9. The van der Waals surface area contributed by atoms with E-state index in [1.807, 2.05) is 25.1 Å². The Morgan fingerprint density at radius 3 is 2.62 bits per heavy atom. The number of guanidine groups is 1. The van der Waals surface area contributed by atoms with Crippen molar-refractivity contribution in [2.75, 3.05) is 26.1 Å². The minimum atomic E-state index is 0.0630. The van der Waals surface area contributed by atoms with E-state index in [0.717, 1.165) is 22.1 Å². The second-order valence-electron chi connectivity index (χ2n) is 6.73. The highest BCUT2D eigenvalue weighted by molar-refractivity contribution is 7.09. The van der Waals surface area contributed by atoms with E-state index in [0.29, 0.717) is 24.9 Å². The fourth-order valence-corrected chi connectivity index (χ4v) is 3.19. The van der Waals surface area contributed by atoms with Crippen LogP contribution in [0.5, 0.6) is 11.5 Å². The number of hydrogen-bond acceptors (Lipinski definition) is 5. The lowest BCUT2D eigenvalue weighted by atomic mass is 9.93. The Bertz CT molecular complexity index is 750. The van der Waals surface area contributed by atoms with Gasteiger partial charge in [-0.25, -0.2) is 4.98 Å². The van der Waals surface area contributed by atoms with Crippen molar-refractivity contribution < 1.29 is 9.47 Å². The Labute approximate surface area is 159 Å². The molecule has 0 fully saturated rings. The minimum absolute atomic E-state index is 0.0630. The third kappa shape index (κ3) is 5.36. The number of benzene rings is 1. The van der Waals surface area contributed by atoms with E-state index in [4.69, 9.17) is 14.5 Å². The zero-order valence-corrected chi connectivity index (χ0v) is 17.2.